The van der Waals surface area contributed by atoms with E-state index in [1.165, 1.54) is 7.11 Å². The van der Waals surface area contributed by atoms with Crippen LogP contribution in [0.1, 0.15) is 58.9 Å². The van der Waals surface area contributed by atoms with Crippen LogP contribution in [0.2, 0.25) is 0 Å². The highest BCUT2D eigenvalue weighted by molar-refractivity contribution is 6.00. The first-order valence-corrected chi connectivity index (χ1v) is 10.4. The molecule has 0 amide bonds. The highest BCUT2D eigenvalue weighted by Crippen LogP contribution is 2.29. The summed E-state index contributed by atoms with van der Waals surface area (Å²) in [4.78, 5) is 25.2. The summed E-state index contributed by atoms with van der Waals surface area (Å²) in [6, 6.07) is 6.74. The number of carbonyl (C=O) groups excluding carboxylic acids is 2. The fourth-order valence-corrected chi connectivity index (χ4v) is 3.52. The Balaban J connectivity index is 2.07. The quantitative estimate of drug-likeness (QED) is 0.388. The number of hydrogen-bond acceptors (Lipinski definition) is 6. The van der Waals surface area contributed by atoms with E-state index >= 15 is 0 Å². The summed E-state index contributed by atoms with van der Waals surface area (Å²) in [5.74, 6) is 0.517. The lowest BCUT2D eigenvalue weighted by Crippen LogP contribution is -2.17. The van der Waals surface area contributed by atoms with Crippen molar-refractivity contribution in [2.24, 2.45) is 5.92 Å². The smallest absolute Gasteiger partial charge is 0.338 e. The SMILES string of the molecule is COC[C@H](C)n1c(C)cc(C(=O)COC(=O)c2ccc(OCC(C)C)c(OC)c2)c1C. The summed E-state index contributed by atoms with van der Waals surface area (Å²) in [5, 5.41) is 0. The number of hydrogen-bond donors (Lipinski definition) is 0. The van der Waals surface area contributed by atoms with E-state index in [1.54, 1.807) is 25.3 Å². The number of aromatic nitrogens is 1. The Morgan fingerprint density at radius 1 is 1.00 bits per heavy atom. The van der Waals surface area contributed by atoms with Crippen LogP contribution in [0, 0.1) is 19.8 Å². The molecule has 1 heterocycles. The first-order valence-electron chi connectivity index (χ1n) is 10.4. The molecule has 0 spiro atoms. The van der Waals surface area contributed by atoms with Gasteiger partial charge in [-0.15, -0.1) is 0 Å². The van der Waals surface area contributed by atoms with Crippen molar-refractivity contribution in [1.82, 2.24) is 4.57 Å². The van der Waals surface area contributed by atoms with Gasteiger partial charge in [-0.1, -0.05) is 13.8 Å². The molecule has 2 rings (SSSR count). The molecular formula is C24H33NO6. The standard InChI is InChI=1S/C24H33NO6/c1-15(2)12-30-22-9-8-19(11-23(22)29-7)24(27)31-14-21(26)20-10-16(3)25(18(20)5)17(4)13-28-6/h8-11,15,17H,12-14H2,1-7H3/t17-/m0/s1. The van der Waals surface area contributed by atoms with Gasteiger partial charge in [0.2, 0.25) is 5.78 Å². The van der Waals surface area contributed by atoms with Crippen LogP contribution in [0.25, 0.3) is 0 Å². The Morgan fingerprint density at radius 3 is 2.32 bits per heavy atom. The van der Waals surface area contributed by atoms with Crippen molar-refractivity contribution in [3.63, 3.8) is 0 Å². The lowest BCUT2D eigenvalue weighted by molar-refractivity contribution is 0.0474. The van der Waals surface area contributed by atoms with Crippen LogP contribution in [-0.4, -0.2) is 50.4 Å². The first-order chi connectivity index (χ1) is 14.7. The van der Waals surface area contributed by atoms with Crippen LogP contribution < -0.4 is 9.47 Å². The molecule has 0 saturated heterocycles. The summed E-state index contributed by atoms with van der Waals surface area (Å²) < 4.78 is 23.6. The van der Waals surface area contributed by atoms with Crippen molar-refractivity contribution in [3.8, 4) is 11.5 Å². The van der Waals surface area contributed by atoms with Gasteiger partial charge in [-0.05, 0) is 51.0 Å². The van der Waals surface area contributed by atoms with E-state index in [0.717, 1.165) is 11.4 Å². The summed E-state index contributed by atoms with van der Waals surface area (Å²) in [5.41, 5.74) is 2.62. The molecule has 0 N–H and O–H groups in total. The second kappa shape index (κ2) is 11.0. The molecule has 7 heteroatoms. The van der Waals surface area contributed by atoms with Gasteiger partial charge in [-0.2, -0.15) is 0 Å². The third-order valence-corrected chi connectivity index (χ3v) is 4.94. The average Bonchev–Trinajstić information content (AvgIpc) is 3.04. The predicted molar refractivity (Wildman–Crippen MR) is 118 cm³/mol. The molecule has 0 unspecified atom stereocenters. The van der Waals surface area contributed by atoms with Crippen LogP contribution in [0.3, 0.4) is 0 Å². The van der Waals surface area contributed by atoms with Gasteiger partial charge in [-0.3, -0.25) is 4.79 Å². The summed E-state index contributed by atoms with van der Waals surface area (Å²) in [6.45, 7) is 10.7. The third-order valence-electron chi connectivity index (χ3n) is 4.94. The topological polar surface area (TPSA) is 76.0 Å². The Labute approximate surface area is 184 Å². The molecule has 1 aromatic carbocycles. The van der Waals surface area contributed by atoms with Gasteiger partial charge in [0.1, 0.15) is 0 Å². The zero-order valence-electron chi connectivity index (χ0n) is 19.5. The molecule has 0 aliphatic heterocycles. The zero-order valence-corrected chi connectivity index (χ0v) is 19.5. The molecule has 170 valence electrons. The molecule has 2 aromatic rings. The Bertz CT molecular complexity index is 915. The second-order valence-electron chi connectivity index (χ2n) is 8.03. The number of methoxy groups -OCH3 is 2. The zero-order chi connectivity index (χ0) is 23.1. The van der Waals surface area contributed by atoms with Crippen LogP contribution in [0.5, 0.6) is 11.5 Å². The maximum absolute atomic E-state index is 12.7. The third kappa shape index (κ3) is 6.10. The molecule has 0 saturated carbocycles. The van der Waals surface area contributed by atoms with Crippen molar-refractivity contribution in [2.45, 2.75) is 40.7 Å². The fraction of sp³-hybridized carbons (Fsp3) is 0.500. The number of ether oxygens (including phenoxy) is 4. The molecule has 0 aliphatic carbocycles. The van der Waals surface area contributed by atoms with Crippen molar-refractivity contribution in [1.29, 1.82) is 0 Å². The molecule has 31 heavy (non-hydrogen) atoms. The molecule has 1 atom stereocenters. The summed E-state index contributed by atoms with van der Waals surface area (Å²) in [7, 11) is 3.16. The van der Waals surface area contributed by atoms with Crippen LogP contribution in [-0.2, 0) is 9.47 Å². The van der Waals surface area contributed by atoms with E-state index < -0.39 is 5.97 Å². The molecule has 0 radical (unpaired) electrons. The molecular weight excluding hydrogens is 398 g/mol. The van der Waals surface area contributed by atoms with E-state index in [-0.39, 0.29) is 18.4 Å². The monoisotopic (exact) mass is 431 g/mol. The second-order valence-corrected chi connectivity index (χ2v) is 8.03. The fourth-order valence-electron chi connectivity index (χ4n) is 3.52. The molecule has 0 aliphatic rings. The molecule has 1 aromatic heterocycles. The molecule has 0 bridgehead atoms. The highest BCUT2D eigenvalue weighted by Gasteiger charge is 2.21. The lowest BCUT2D eigenvalue weighted by Gasteiger charge is -2.17. The maximum atomic E-state index is 12.7. The van der Waals surface area contributed by atoms with Crippen molar-refractivity contribution < 1.29 is 28.5 Å². The number of rotatable bonds is 11. The first kappa shape index (κ1) is 24.5. The van der Waals surface area contributed by atoms with E-state index in [1.807, 2.05) is 40.7 Å². The van der Waals surface area contributed by atoms with Crippen molar-refractivity contribution >= 4 is 11.8 Å². The number of benzene rings is 1. The Kier molecular flexibility index (Phi) is 8.68. The van der Waals surface area contributed by atoms with Crippen LogP contribution in [0.15, 0.2) is 24.3 Å². The summed E-state index contributed by atoms with van der Waals surface area (Å²) in [6.07, 6.45) is 0. The molecule has 0 fully saturated rings. The molecule has 7 nitrogen and oxygen atoms in total. The van der Waals surface area contributed by atoms with Crippen molar-refractivity contribution in [2.75, 3.05) is 34.0 Å². The van der Waals surface area contributed by atoms with Gasteiger partial charge in [-0.25, -0.2) is 4.79 Å². The van der Waals surface area contributed by atoms with E-state index in [4.69, 9.17) is 18.9 Å². The van der Waals surface area contributed by atoms with Crippen LogP contribution in [0.4, 0.5) is 0 Å². The largest absolute Gasteiger partial charge is 0.493 e. The number of carbonyl (C=O) groups is 2. The minimum absolute atomic E-state index is 0.0954. The van der Waals surface area contributed by atoms with Crippen LogP contribution >= 0.6 is 0 Å². The number of Topliss-reactive ketones (excluding diaryl/α,β-unsaturated/α-hetero) is 1. The predicted octanol–water partition coefficient (Wildman–Crippen LogP) is 4.40. The van der Waals surface area contributed by atoms with E-state index in [9.17, 15) is 9.59 Å². The Morgan fingerprint density at radius 2 is 1.71 bits per heavy atom. The van der Waals surface area contributed by atoms with Gasteiger partial charge in [0.05, 0.1) is 31.9 Å². The summed E-state index contributed by atoms with van der Waals surface area (Å²) >= 11 is 0. The highest BCUT2D eigenvalue weighted by atomic mass is 16.5. The van der Waals surface area contributed by atoms with Gasteiger partial charge >= 0.3 is 5.97 Å². The van der Waals surface area contributed by atoms with E-state index in [0.29, 0.717) is 41.8 Å². The minimum atomic E-state index is -0.594. The van der Waals surface area contributed by atoms with Gasteiger partial charge < -0.3 is 23.5 Å². The van der Waals surface area contributed by atoms with Gasteiger partial charge in [0, 0.05) is 24.1 Å². The maximum Gasteiger partial charge on any atom is 0.338 e. The number of nitrogens with zero attached hydrogens (tertiary/aromatic N) is 1. The van der Waals surface area contributed by atoms with Gasteiger partial charge in [0.15, 0.2) is 18.1 Å². The number of ketones is 1. The Hall–Kier alpha value is -2.80. The number of aryl methyl sites for hydroxylation is 1. The van der Waals surface area contributed by atoms with Gasteiger partial charge in [0.25, 0.3) is 0 Å². The van der Waals surface area contributed by atoms with E-state index in [2.05, 4.69) is 4.57 Å². The minimum Gasteiger partial charge on any atom is -0.493 e. The normalized spacial score (nSPS) is 12.0. The van der Waals surface area contributed by atoms with Crippen molar-refractivity contribution in [3.05, 3.63) is 46.8 Å². The number of esters is 1. The lowest BCUT2D eigenvalue weighted by atomic mass is 10.1. The average molecular weight is 432 g/mol.